The third-order valence-corrected chi connectivity index (χ3v) is 13.4. The van der Waals surface area contributed by atoms with E-state index in [4.69, 9.17) is 33.2 Å². The molecule has 44 heavy (non-hydrogen) atoms. The van der Waals surface area contributed by atoms with Gasteiger partial charge in [-0.05, 0) is 33.3 Å². The van der Waals surface area contributed by atoms with Crippen LogP contribution in [0.4, 0.5) is 0 Å². The minimum atomic E-state index is -1.42. The molecule has 0 aromatic heterocycles. The number of epoxide rings is 1. The van der Waals surface area contributed by atoms with Gasteiger partial charge in [0.15, 0.2) is 11.9 Å². The summed E-state index contributed by atoms with van der Waals surface area (Å²) in [7, 11) is 0. The van der Waals surface area contributed by atoms with E-state index < -0.39 is 106 Å². The summed E-state index contributed by atoms with van der Waals surface area (Å²) in [5.74, 6) is -2.73. The maximum atomic E-state index is 13.4. The van der Waals surface area contributed by atoms with Crippen LogP contribution in [0.5, 0.6) is 0 Å². The van der Waals surface area contributed by atoms with Gasteiger partial charge in [0.1, 0.15) is 23.4 Å². The molecule has 4 saturated heterocycles. The lowest BCUT2D eigenvalue weighted by Gasteiger charge is -2.65. The number of hydrogen-bond donors (Lipinski definition) is 3. The van der Waals surface area contributed by atoms with E-state index in [9.17, 15) is 24.9 Å². The summed E-state index contributed by atoms with van der Waals surface area (Å²) in [5, 5.41) is 36.2. The van der Waals surface area contributed by atoms with Crippen LogP contribution in [-0.2, 0) is 42.7 Å². The van der Waals surface area contributed by atoms with Gasteiger partial charge in [0, 0.05) is 52.9 Å². The van der Waals surface area contributed by atoms with Gasteiger partial charge in [-0.1, -0.05) is 19.9 Å². The molecule has 3 N–H and O–H groups in total. The standard InChI is InChI=1S/C32H42O12/c1-7-14(2)24(35)42-18-11-17(41-15(3)33)27(4)12-39-20-21(27)30(18)13-40-25(36)22(30)28(5,23(20)34)32-19-10-16(29(32,6)44-32)31(37)8-9-38-26(31)43-19/h7-9,16-23,25-26,34,36-37H,10-13H2,1-6H3/b14-7+/t16-,17+,18-,19?,20+,21-,22-,23+,25+,26-,27+,28-,29-,30?,31-,32-/m0/s1. The molecule has 7 fully saturated rings. The molecule has 5 heterocycles. The van der Waals surface area contributed by atoms with Crippen molar-refractivity contribution in [3.8, 4) is 0 Å². The summed E-state index contributed by atoms with van der Waals surface area (Å²) < 4.78 is 43.7. The van der Waals surface area contributed by atoms with Gasteiger partial charge in [0.05, 0.1) is 37.8 Å². The number of hydrogen-bond acceptors (Lipinski definition) is 12. The Morgan fingerprint density at radius 2 is 1.75 bits per heavy atom. The second-order valence-corrected chi connectivity index (χ2v) is 15.0. The molecule has 3 aliphatic carbocycles. The summed E-state index contributed by atoms with van der Waals surface area (Å²) in [6, 6.07) is 0. The fourth-order valence-corrected chi connectivity index (χ4v) is 11.6. The number of ether oxygens (including phenoxy) is 7. The number of carbonyl (C=O) groups excluding carboxylic acids is 2. The minimum Gasteiger partial charge on any atom is -0.469 e. The molecule has 3 saturated carbocycles. The summed E-state index contributed by atoms with van der Waals surface area (Å²) in [6.45, 7) is 10.8. The molecule has 12 heteroatoms. The molecule has 1 spiro atoms. The molecule has 2 bridgehead atoms. The minimum absolute atomic E-state index is 0.0288. The van der Waals surface area contributed by atoms with Crippen LogP contribution in [0.3, 0.4) is 0 Å². The van der Waals surface area contributed by atoms with Crippen LogP contribution in [-0.4, -0.2) is 100 Å². The SMILES string of the molecule is C/C=C(\C)C(=O)O[C@H]1C[C@@H](OC(C)=O)[C@@]2(C)CO[C@@H]3[C@@H]2C12CO[C@@H](O)[C@H]2[C@](C)([C@]12O[C@@]1(C)[C@@H]1CC2O[C@@H]2OC=C[C@@]21O)[C@@H]3O. The van der Waals surface area contributed by atoms with Gasteiger partial charge < -0.3 is 48.5 Å². The molecule has 12 nitrogen and oxygen atoms in total. The van der Waals surface area contributed by atoms with E-state index in [0.717, 1.165) is 0 Å². The van der Waals surface area contributed by atoms with E-state index in [1.165, 1.54) is 13.2 Å². The van der Waals surface area contributed by atoms with Crippen molar-refractivity contribution in [2.45, 2.75) is 114 Å². The van der Waals surface area contributed by atoms with E-state index >= 15 is 0 Å². The van der Waals surface area contributed by atoms with Crippen molar-refractivity contribution >= 4 is 11.9 Å². The number of carbonyl (C=O) groups is 2. The van der Waals surface area contributed by atoms with E-state index in [0.29, 0.717) is 12.0 Å². The van der Waals surface area contributed by atoms with Gasteiger partial charge in [0.2, 0.25) is 6.29 Å². The Labute approximate surface area is 255 Å². The number of fused-ring (bicyclic) bond motifs is 7. The number of aliphatic hydroxyl groups is 3. The van der Waals surface area contributed by atoms with Gasteiger partial charge in [0.25, 0.3) is 0 Å². The molecule has 8 rings (SSSR count). The molecule has 16 atom stereocenters. The van der Waals surface area contributed by atoms with Crippen LogP contribution < -0.4 is 0 Å². The lowest BCUT2D eigenvalue weighted by Crippen LogP contribution is -2.76. The Morgan fingerprint density at radius 3 is 2.45 bits per heavy atom. The number of aliphatic hydroxyl groups excluding tert-OH is 2. The average Bonchev–Trinajstić information content (AvgIpc) is 3.33. The molecule has 0 amide bonds. The summed E-state index contributed by atoms with van der Waals surface area (Å²) in [4.78, 5) is 25.7. The second kappa shape index (κ2) is 8.64. The number of rotatable bonds is 4. The molecule has 0 radical (unpaired) electrons. The van der Waals surface area contributed by atoms with Gasteiger partial charge >= 0.3 is 11.9 Å². The maximum absolute atomic E-state index is 13.4. The van der Waals surface area contributed by atoms with E-state index in [1.54, 1.807) is 26.0 Å². The molecule has 2 unspecified atom stereocenters. The summed E-state index contributed by atoms with van der Waals surface area (Å²) in [5.41, 5.74) is -6.22. The number of esters is 2. The van der Waals surface area contributed by atoms with Crippen molar-refractivity contribution in [2.75, 3.05) is 13.2 Å². The van der Waals surface area contributed by atoms with Crippen molar-refractivity contribution in [3.05, 3.63) is 24.0 Å². The molecule has 242 valence electrons. The second-order valence-electron chi connectivity index (χ2n) is 15.0. The zero-order valence-corrected chi connectivity index (χ0v) is 25.8. The average molecular weight is 619 g/mol. The monoisotopic (exact) mass is 618 g/mol. The Morgan fingerprint density at radius 1 is 1.00 bits per heavy atom. The topological polar surface area (TPSA) is 163 Å². The van der Waals surface area contributed by atoms with Crippen molar-refractivity contribution in [2.24, 2.45) is 34.0 Å². The quantitative estimate of drug-likeness (QED) is 0.234. The van der Waals surface area contributed by atoms with Crippen molar-refractivity contribution in [1.82, 2.24) is 0 Å². The smallest absolute Gasteiger partial charge is 0.333 e. The fourth-order valence-electron chi connectivity index (χ4n) is 11.6. The summed E-state index contributed by atoms with van der Waals surface area (Å²) >= 11 is 0. The first-order valence-corrected chi connectivity index (χ1v) is 15.7. The van der Waals surface area contributed by atoms with Crippen LogP contribution in [0.15, 0.2) is 24.0 Å². The van der Waals surface area contributed by atoms with Crippen molar-refractivity contribution in [1.29, 1.82) is 0 Å². The van der Waals surface area contributed by atoms with E-state index in [2.05, 4.69) is 0 Å². The Bertz CT molecular complexity index is 1380. The van der Waals surface area contributed by atoms with Gasteiger partial charge in [-0.3, -0.25) is 4.79 Å². The maximum Gasteiger partial charge on any atom is 0.333 e. The van der Waals surface area contributed by atoms with Gasteiger partial charge in [-0.25, -0.2) is 4.79 Å². The van der Waals surface area contributed by atoms with Crippen LogP contribution in [0.1, 0.15) is 54.4 Å². The first-order valence-electron chi connectivity index (χ1n) is 15.7. The van der Waals surface area contributed by atoms with E-state index in [-0.39, 0.29) is 19.6 Å². The van der Waals surface area contributed by atoms with Crippen LogP contribution >= 0.6 is 0 Å². The first kappa shape index (κ1) is 29.3. The molecular weight excluding hydrogens is 576 g/mol. The lowest BCUT2D eigenvalue weighted by molar-refractivity contribution is -0.302. The van der Waals surface area contributed by atoms with Crippen LogP contribution in [0.25, 0.3) is 0 Å². The predicted octanol–water partition coefficient (Wildman–Crippen LogP) is 1.10. The Kier molecular flexibility index (Phi) is 5.76. The highest BCUT2D eigenvalue weighted by atomic mass is 16.7. The Balaban J connectivity index is 1.30. The molecular formula is C32H42O12. The normalized spacial score (nSPS) is 59.2. The highest BCUT2D eigenvalue weighted by Crippen LogP contribution is 2.82. The zero-order chi connectivity index (χ0) is 31.4. The van der Waals surface area contributed by atoms with E-state index in [1.807, 2.05) is 20.8 Å². The van der Waals surface area contributed by atoms with Gasteiger partial charge in [-0.15, -0.1) is 0 Å². The zero-order valence-electron chi connectivity index (χ0n) is 25.8. The fraction of sp³-hybridized carbons (Fsp3) is 0.812. The van der Waals surface area contributed by atoms with Crippen LogP contribution in [0.2, 0.25) is 0 Å². The molecule has 5 aliphatic heterocycles. The lowest BCUT2D eigenvalue weighted by atomic mass is 9.38. The highest BCUT2D eigenvalue weighted by Gasteiger charge is 2.95. The molecule has 0 aromatic carbocycles. The number of allylic oxidation sites excluding steroid dienone is 1. The first-order chi connectivity index (χ1) is 20.7. The Hall–Kier alpha value is -2.06. The third-order valence-electron chi connectivity index (χ3n) is 13.4. The third kappa shape index (κ3) is 2.96. The van der Waals surface area contributed by atoms with Gasteiger partial charge in [-0.2, -0.15) is 0 Å². The van der Waals surface area contributed by atoms with Crippen molar-refractivity contribution in [3.63, 3.8) is 0 Å². The highest BCUT2D eigenvalue weighted by molar-refractivity contribution is 5.87. The largest absolute Gasteiger partial charge is 0.469 e. The molecule has 0 aromatic rings. The summed E-state index contributed by atoms with van der Waals surface area (Å²) in [6.07, 6.45) is -1.03. The van der Waals surface area contributed by atoms with Crippen molar-refractivity contribution < 1.29 is 58.1 Å². The van der Waals surface area contributed by atoms with Crippen LogP contribution in [0, 0.1) is 34.0 Å². The predicted molar refractivity (Wildman–Crippen MR) is 147 cm³/mol. The molecule has 8 aliphatic rings.